The van der Waals surface area contributed by atoms with Crippen LogP contribution in [0.3, 0.4) is 0 Å². The molecule has 0 radical (unpaired) electrons. The van der Waals surface area contributed by atoms with E-state index in [9.17, 15) is 13.2 Å². The molecular formula is C8H10ClF3N2. The molecule has 0 unspecified atom stereocenters. The van der Waals surface area contributed by atoms with Gasteiger partial charge in [0.2, 0.25) is 0 Å². The third kappa shape index (κ3) is 2.03. The van der Waals surface area contributed by atoms with Gasteiger partial charge in [0.05, 0.1) is 10.7 Å². The summed E-state index contributed by atoms with van der Waals surface area (Å²) in [5.41, 5.74) is -1.23. The third-order valence-corrected chi connectivity index (χ3v) is 2.09. The van der Waals surface area contributed by atoms with Crippen LogP contribution in [0.25, 0.3) is 0 Å². The SMILES string of the molecule is CC(C)(C)c1[nH]nc(C(F)(F)F)c1Cl. The fourth-order valence-electron chi connectivity index (χ4n) is 1.01. The van der Waals surface area contributed by atoms with Crippen molar-refractivity contribution in [1.82, 2.24) is 10.2 Å². The van der Waals surface area contributed by atoms with Gasteiger partial charge in [-0.05, 0) is 0 Å². The number of aromatic nitrogens is 2. The summed E-state index contributed by atoms with van der Waals surface area (Å²) in [6, 6.07) is 0. The van der Waals surface area contributed by atoms with Crippen LogP contribution >= 0.6 is 11.6 Å². The Labute approximate surface area is 84.5 Å². The van der Waals surface area contributed by atoms with E-state index >= 15 is 0 Å². The first-order valence-electron chi connectivity index (χ1n) is 3.95. The Bertz CT molecular complexity index is 304. The highest BCUT2D eigenvalue weighted by molar-refractivity contribution is 6.32. The van der Waals surface area contributed by atoms with Crippen LogP contribution < -0.4 is 0 Å². The van der Waals surface area contributed by atoms with Crippen molar-refractivity contribution < 1.29 is 13.2 Å². The Hall–Kier alpha value is -0.710. The zero-order chi connectivity index (χ0) is 11.1. The van der Waals surface area contributed by atoms with E-state index in [1.54, 1.807) is 20.8 Å². The van der Waals surface area contributed by atoms with Gasteiger partial charge in [-0.3, -0.25) is 5.10 Å². The minimum atomic E-state index is -4.50. The molecule has 2 nitrogen and oxygen atoms in total. The van der Waals surface area contributed by atoms with Gasteiger partial charge in [-0.15, -0.1) is 0 Å². The average molecular weight is 227 g/mol. The molecule has 0 aromatic carbocycles. The highest BCUT2D eigenvalue weighted by Gasteiger charge is 2.39. The number of rotatable bonds is 0. The van der Waals surface area contributed by atoms with E-state index in [0.717, 1.165) is 0 Å². The van der Waals surface area contributed by atoms with Gasteiger partial charge in [0.25, 0.3) is 0 Å². The van der Waals surface area contributed by atoms with Crippen molar-refractivity contribution in [2.24, 2.45) is 0 Å². The molecule has 0 fully saturated rings. The molecule has 80 valence electrons. The lowest BCUT2D eigenvalue weighted by Gasteiger charge is -2.16. The maximum absolute atomic E-state index is 12.3. The summed E-state index contributed by atoms with van der Waals surface area (Å²) in [4.78, 5) is 0. The van der Waals surface area contributed by atoms with E-state index < -0.39 is 17.3 Å². The topological polar surface area (TPSA) is 28.7 Å². The van der Waals surface area contributed by atoms with Gasteiger partial charge < -0.3 is 0 Å². The van der Waals surface area contributed by atoms with Crippen LogP contribution in [0.2, 0.25) is 5.02 Å². The monoisotopic (exact) mass is 226 g/mol. The maximum atomic E-state index is 12.3. The molecule has 6 heteroatoms. The van der Waals surface area contributed by atoms with Crippen LogP contribution in [0.1, 0.15) is 32.2 Å². The van der Waals surface area contributed by atoms with E-state index in [1.165, 1.54) is 0 Å². The van der Waals surface area contributed by atoms with Crippen molar-refractivity contribution in [1.29, 1.82) is 0 Å². The molecule has 1 heterocycles. The molecule has 0 amide bonds. The zero-order valence-corrected chi connectivity index (χ0v) is 8.72. The van der Waals surface area contributed by atoms with Crippen molar-refractivity contribution >= 4 is 11.6 Å². The Morgan fingerprint density at radius 2 is 1.71 bits per heavy atom. The van der Waals surface area contributed by atoms with E-state index in [0.29, 0.717) is 5.69 Å². The van der Waals surface area contributed by atoms with Gasteiger partial charge in [-0.2, -0.15) is 18.3 Å². The first kappa shape index (κ1) is 11.4. The largest absolute Gasteiger partial charge is 0.436 e. The van der Waals surface area contributed by atoms with Crippen LogP contribution in [0.4, 0.5) is 13.2 Å². The van der Waals surface area contributed by atoms with Gasteiger partial charge in [-0.25, -0.2) is 0 Å². The maximum Gasteiger partial charge on any atom is 0.436 e. The van der Waals surface area contributed by atoms with Crippen LogP contribution in [-0.2, 0) is 11.6 Å². The Morgan fingerprint density at radius 1 is 1.21 bits per heavy atom. The molecule has 1 aromatic heterocycles. The molecule has 0 aliphatic carbocycles. The van der Waals surface area contributed by atoms with E-state index in [2.05, 4.69) is 10.2 Å². The highest BCUT2D eigenvalue weighted by atomic mass is 35.5. The summed E-state index contributed by atoms with van der Waals surface area (Å²) in [5, 5.41) is 5.15. The fraction of sp³-hybridized carbons (Fsp3) is 0.625. The number of nitrogens with zero attached hydrogens (tertiary/aromatic N) is 1. The first-order chi connectivity index (χ1) is 6.14. The van der Waals surface area contributed by atoms with Gasteiger partial charge in [0.1, 0.15) is 0 Å². The molecule has 0 aliphatic heterocycles. The number of H-pyrrole nitrogens is 1. The van der Waals surface area contributed by atoms with E-state index in [1.807, 2.05) is 0 Å². The molecule has 0 atom stereocenters. The lowest BCUT2D eigenvalue weighted by molar-refractivity contribution is -0.141. The van der Waals surface area contributed by atoms with Crippen molar-refractivity contribution in [3.8, 4) is 0 Å². The second kappa shape index (κ2) is 3.15. The fourth-order valence-corrected chi connectivity index (χ4v) is 1.49. The predicted molar refractivity (Wildman–Crippen MR) is 47.3 cm³/mol. The van der Waals surface area contributed by atoms with Crippen LogP contribution in [-0.4, -0.2) is 10.2 Å². The predicted octanol–water partition coefficient (Wildman–Crippen LogP) is 3.38. The van der Waals surface area contributed by atoms with Crippen molar-refractivity contribution in [2.45, 2.75) is 32.4 Å². The van der Waals surface area contributed by atoms with Crippen LogP contribution in [0, 0.1) is 0 Å². The molecule has 1 N–H and O–H groups in total. The normalized spacial score (nSPS) is 13.4. The molecule has 0 spiro atoms. The lowest BCUT2D eigenvalue weighted by Crippen LogP contribution is -2.12. The number of halogens is 4. The standard InChI is InChI=1S/C8H10ClF3N2/c1-7(2,3)5-4(9)6(14-13-5)8(10,11)12/h1-3H3,(H,13,14). The number of alkyl halides is 3. The molecule has 0 saturated carbocycles. The van der Waals surface area contributed by atoms with Crippen molar-refractivity contribution in [3.05, 3.63) is 16.4 Å². The van der Waals surface area contributed by atoms with Gasteiger partial charge in [0, 0.05) is 5.41 Å². The molecule has 1 rings (SSSR count). The molecule has 1 aromatic rings. The zero-order valence-electron chi connectivity index (χ0n) is 7.96. The van der Waals surface area contributed by atoms with Crippen LogP contribution in [0.5, 0.6) is 0 Å². The van der Waals surface area contributed by atoms with Gasteiger partial charge >= 0.3 is 6.18 Å². The van der Waals surface area contributed by atoms with Gasteiger partial charge in [0.15, 0.2) is 5.69 Å². The molecular weight excluding hydrogens is 217 g/mol. The summed E-state index contributed by atoms with van der Waals surface area (Å²) in [6.07, 6.45) is -4.50. The smallest absolute Gasteiger partial charge is 0.280 e. The first-order valence-corrected chi connectivity index (χ1v) is 4.33. The van der Waals surface area contributed by atoms with Crippen molar-refractivity contribution in [3.63, 3.8) is 0 Å². The Kier molecular flexibility index (Phi) is 2.56. The highest BCUT2D eigenvalue weighted by Crippen LogP contribution is 2.37. The Morgan fingerprint density at radius 3 is 1.93 bits per heavy atom. The number of hydrogen-bond acceptors (Lipinski definition) is 1. The molecule has 14 heavy (non-hydrogen) atoms. The summed E-state index contributed by atoms with van der Waals surface area (Å²) in [6.45, 7) is 5.27. The Balaban J connectivity index is 3.23. The molecule has 0 saturated heterocycles. The number of nitrogens with one attached hydrogen (secondary N) is 1. The average Bonchev–Trinajstić information content (AvgIpc) is 2.26. The second-order valence-corrected chi connectivity index (χ2v) is 4.39. The minimum absolute atomic E-state index is 0.298. The third-order valence-electron chi connectivity index (χ3n) is 1.73. The van der Waals surface area contributed by atoms with Crippen molar-refractivity contribution in [2.75, 3.05) is 0 Å². The minimum Gasteiger partial charge on any atom is -0.280 e. The quantitative estimate of drug-likeness (QED) is 0.722. The summed E-state index contributed by atoms with van der Waals surface area (Å²) >= 11 is 5.58. The van der Waals surface area contributed by atoms with Crippen LogP contribution in [0.15, 0.2) is 0 Å². The number of hydrogen-bond donors (Lipinski definition) is 1. The van der Waals surface area contributed by atoms with E-state index in [4.69, 9.17) is 11.6 Å². The lowest BCUT2D eigenvalue weighted by atomic mass is 9.92. The van der Waals surface area contributed by atoms with E-state index in [-0.39, 0.29) is 5.02 Å². The summed E-state index contributed by atoms with van der Waals surface area (Å²) < 4.78 is 36.8. The molecule has 0 bridgehead atoms. The second-order valence-electron chi connectivity index (χ2n) is 4.01. The summed E-state index contributed by atoms with van der Waals surface area (Å²) in [5.74, 6) is 0. The van der Waals surface area contributed by atoms with Gasteiger partial charge in [-0.1, -0.05) is 32.4 Å². The number of aromatic amines is 1. The summed E-state index contributed by atoms with van der Waals surface area (Å²) in [7, 11) is 0. The molecule has 0 aliphatic rings.